The van der Waals surface area contributed by atoms with E-state index < -0.39 is 0 Å². The second-order valence-electron chi connectivity index (χ2n) is 4.38. The first-order chi connectivity index (χ1) is 9.25. The zero-order chi connectivity index (χ0) is 13.2. The van der Waals surface area contributed by atoms with Gasteiger partial charge in [-0.1, -0.05) is 18.2 Å². The number of aryl methyl sites for hydroxylation is 1. The van der Waals surface area contributed by atoms with Crippen LogP contribution >= 0.6 is 0 Å². The Balaban J connectivity index is 2.00. The highest BCUT2D eigenvalue weighted by molar-refractivity contribution is 6.15. The monoisotopic (exact) mass is 251 g/mol. The van der Waals surface area contributed by atoms with Gasteiger partial charge in [-0.3, -0.25) is 4.79 Å². The topological polar surface area (TPSA) is 46.0 Å². The van der Waals surface area contributed by atoms with Gasteiger partial charge >= 0.3 is 0 Å². The molecule has 0 bridgehead atoms. The van der Waals surface area contributed by atoms with Crippen LogP contribution in [0.15, 0.2) is 53.2 Å². The molecule has 1 N–H and O–H groups in total. The Labute approximate surface area is 110 Å². The Morgan fingerprint density at radius 3 is 2.84 bits per heavy atom. The van der Waals surface area contributed by atoms with Gasteiger partial charge in [-0.25, -0.2) is 0 Å². The molecule has 1 aromatic carbocycles. The van der Waals surface area contributed by atoms with Crippen LogP contribution in [0.4, 0.5) is 0 Å². The summed E-state index contributed by atoms with van der Waals surface area (Å²) in [5.74, 6) is 0.650. The Bertz CT molecular complexity index is 748. The Morgan fingerprint density at radius 1 is 1.21 bits per heavy atom. The summed E-state index contributed by atoms with van der Waals surface area (Å²) in [6.07, 6.45) is 4.81. The van der Waals surface area contributed by atoms with E-state index in [1.54, 1.807) is 24.5 Å². The Hall–Kier alpha value is -2.55. The molecule has 3 aromatic rings. The number of ketones is 1. The molecule has 19 heavy (non-hydrogen) atoms. The molecule has 2 heterocycles. The number of carbonyl (C=O) groups excluding carboxylic acids is 1. The van der Waals surface area contributed by atoms with E-state index in [9.17, 15) is 4.79 Å². The van der Waals surface area contributed by atoms with Gasteiger partial charge in [0.25, 0.3) is 0 Å². The van der Waals surface area contributed by atoms with Gasteiger partial charge < -0.3 is 9.40 Å². The van der Waals surface area contributed by atoms with Crippen molar-refractivity contribution in [3.63, 3.8) is 0 Å². The summed E-state index contributed by atoms with van der Waals surface area (Å²) >= 11 is 0. The average molecular weight is 251 g/mol. The lowest BCUT2D eigenvalue weighted by Gasteiger charge is -1.95. The van der Waals surface area contributed by atoms with E-state index in [4.69, 9.17) is 4.42 Å². The average Bonchev–Trinajstić information content (AvgIpc) is 3.02. The van der Waals surface area contributed by atoms with Crippen molar-refractivity contribution in [3.8, 4) is 0 Å². The molecule has 0 atom stereocenters. The number of nitrogens with one attached hydrogen (secondary N) is 1. The van der Waals surface area contributed by atoms with Crippen LogP contribution in [0.25, 0.3) is 17.0 Å². The number of allylic oxidation sites excluding steroid dienone is 1. The molecule has 0 saturated carbocycles. The maximum atomic E-state index is 12.3. The number of furan rings is 1. The summed E-state index contributed by atoms with van der Waals surface area (Å²) in [6, 6.07) is 11.4. The van der Waals surface area contributed by atoms with Gasteiger partial charge in [0.15, 0.2) is 5.78 Å². The van der Waals surface area contributed by atoms with Crippen LogP contribution in [0.2, 0.25) is 0 Å². The number of aromatic nitrogens is 1. The highest BCUT2D eigenvalue weighted by Gasteiger charge is 2.13. The van der Waals surface area contributed by atoms with Crippen LogP contribution in [0, 0.1) is 6.92 Å². The summed E-state index contributed by atoms with van der Waals surface area (Å²) < 4.78 is 5.17. The summed E-state index contributed by atoms with van der Waals surface area (Å²) in [6.45, 7) is 1.91. The maximum absolute atomic E-state index is 12.3. The number of rotatable bonds is 3. The summed E-state index contributed by atoms with van der Waals surface area (Å²) in [5, 5.41) is 0.953. The smallest absolute Gasteiger partial charge is 0.188 e. The number of hydrogen-bond acceptors (Lipinski definition) is 2. The lowest BCUT2D eigenvalue weighted by atomic mass is 10.1. The second-order valence-corrected chi connectivity index (χ2v) is 4.38. The van der Waals surface area contributed by atoms with E-state index in [1.807, 2.05) is 37.3 Å². The van der Waals surface area contributed by atoms with Gasteiger partial charge in [-0.2, -0.15) is 0 Å². The van der Waals surface area contributed by atoms with Crippen LogP contribution in [-0.2, 0) is 0 Å². The third kappa shape index (κ3) is 2.10. The van der Waals surface area contributed by atoms with Gasteiger partial charge in [0.2, 0.25) is 0 Å². The van der Waals surface area contributed by atoms with Crippen molar-refractivity contribution in [2.45, 2.75) is 6.92 Å². The molecule has 2 aromatic heterocycles. The predicted octanol–water partition coefficient (Wildman–Crippen LogP) is 3.97. The van der Waals surface area contributed by atoms with Crippen molar-refractivity contribution in [3.05, 3.63) is 65.8 Å². The fourth-order valence-corrected chi connectivity index (χ4v) is 2.22. The summed E-state index contributed by atoms with van der Waals surface area (Å²) in [7, 11) is 0. The van der Waals surface area contributed by atoms with Gasteiger partial charge in [0.1, 0.15) is 5.76 Å². The quantitative estimate of drug-likeness (QED) is 0.565. The highest BCUT2D eigenvalue weighted by atomic mass is 16.3. The van der Waals surface area contributed by atoms with Crippen LogP contribution in [0.3, 0.4) is 0 Å². The van der Waals surface area contributed by atoms with Gasteiger partial charge in [-0.05, 0) is 37.3 Å². The largest absolute Gasteiger partial charge is 0.465 e. The van der Waals surface area contributed by atoms with E-state index in [0.29, 0.717) is 5.76 Å². The molecule has 0 fully saturated rings. The third-order valence-corrected chi connectivity index (χ3v) is 3.08. The molecule has 0 aliphatic rings. The van der Waals surface area contributed by atoms with Crippen molar-refractivity contribution < 1.29 is 9.21 Å². The molecule has 0 aliphatic heterocycles. The fourth-order valence-electron chi connectivity index (χ4n) is 2.22. The van der Waals surface area contributed by atoms with E-state index in [0.717, 1.165) is 22.2 Å². The zero-order valence-electron chi connectivity index (χ0n) is 10.5. The van der Waals surface area contributed by atoms with Crippen LogP contribution in [-0.4, -0.2) is 10.8 Å². The Kier molecular flexibility index (Phi) is 2.80. The molecular weight excluding hydrogens is 238 g/mol. The maximum Gasteiger partial charge on any atom is 0.188 e. The number of benzene rings is 1. The highest BCUT2D eigenvalue weighted by Crippen LogP contribution is 2.22. The van der Waals surface area contributed by atoms with Crippen molar-refractivity contribution in [2.75, 3.05) is 0 Å². The molecule has 0 aliphatic carbocycles. The van der Waals surface area contributed by atoms with Crippen molar-refractivity contribution in [1.82, 2.24) is 4.98 Å². The van der Waals surface area contributed by atoms with Gasteiger partial charge in [-0.15, -0.1) is 0 Å². The molecular formula is C16H13NO2. The summed E-state index contributed by atoms with van der Waals surface area (Å²) in [5.41, 5.74) is 2.59. The first-order valence-electron chi connectivity index (χ1n) is 6.09. The lowest BCUT2D eigenvalue weighted by Crippen LogP contribution is -1.95. The number of carbonyl (C=O) groups is 1. The molecule has 94 valence electrons. The molecule has 3 nitrogen and oxygen atoms in total. The molecule has 0 saturated heterocycles. The molecule has 0 radical (unpaired) electrons. The van der Waals surface area contributed by atoms with E-state index in [2.05, 4.69) is 4.98 Å². The number of H-pyrrole nitrogens is 1. The minimum atomic E-state index is -0.0219. The zero-order valence-corrected chi connectivity index (χ0v) is 10.5. The van der Waals surface area contributed by atoms with Crippen molar-refractivity contribution in [1.29, 1.82) is 0 Å². The first-order valence-corrected chi connectivity index (χ1v) is 6.09. The molecule has 3 rings (SSSR count). The van der Waals surface area contributed by atoms with Crippen molar-refractivity contribution >= 4 is 22.8 Å². The number of hydrogen-bond donors (Lipinski definition) is 1. The van der Waals surface area contributed by atoms with Gasteiger partial charge in [0.05, 0.1) is 11.8 Å². The van der Waals surface area contributed by atoms with Crippen LogP contribution in [0.1, 0.15) is 21.8 Å². The molecule has 0 amide bonds. The normalized spacial score (nSPS) is 11.4. The number of para-hydroxylation sites is 1. The molecule has 0 spiro atoms. The third-order valence-electron chi connectivity index (χ3n) is 3.08. The minimum absolute atomic E-state index is 0.0219. The SMILES string of the molecule is Cc1[nH]c2ccccc2c1C(=O)C=Cc1ccco1. The standard InChI is InChI=1S/C16H13NO2/c1-11-16(13-6-2-3-7-14(13)17-11)15(18)9-8-12-5-4-10-19-12/h2-10,17H,1H3. The van der Waals surface area contributed by atoms with Crippen molar-refractivity contribution in [2.24, 2.45) is 0 Å². The molecule has 3 heteroatoms. The van der Waals surface area contributed by atoms with Crippen LogP contribution in [0.5, 0.6) is 0 Å². The number of fused-ring (bicyclic) bond motifs is 1. The Morgan fingerprint density at radius 2 is 2.05 bits per heavy atom. The van der Waals surface area contributed by atoms with Crippen LogP contribution < -0.4 is 0 Å². The molecule has 0 unspecified atom stereocenters. The second kappa shape index (κ2) is 4.61. The van der Waals surface area contributed by atoms with E-state index in [1.165, 1.54) is 0 Å². The first kappa shape index (κ1) is 11.5. The van der Waals surface area contributed by atoms with E-state index >= 15 is 0 Å². The minimum Gasteiger partial charge on any atom is -0.465 e. The predicted molar refractivity (Wildman–Crippen MR) is 75.1 cm³/mol. The summed E-state index contributed by atoms with van der Waals surface area (Å²) in [4.78, 5) is 15.5. The van der Waals surface area contributed by atoms with E-state index in [-0.39, 0.29) is 5.78 Å². The lowest BCUT2D eigenvalue weighted by molar-refractivity contribution is 0.104. The fraction of sp³-hybridized carbons (Fsp3) is 0.0625. The van der Waals surface area contributed by atoms with Gasteiger partial charge in [0, 0.05) is 16.6 Å². The number of aromatic amines is 1.